The summed E-state index contributed by atoms with van der Waals surface area (Å²) in [5.74, 6) is -0.0152. The molecule has 1 aromatic carbocycles. The van der Waals surface area contributed by atoms with Crippen molar-refractivity contribution in [3.05, 3.63) is 47.8 Å². The van der Waals surface area contributed by atoms with Gasteiger partial charge in [-0.3, -0.25) is 19.2 Å². The maximum Gasteiger partial charge on any atom is 0.257 e. The van der Waals surface area contributed by atoms with Crippen LogP contribution >= 0.6 is 0 Å². The molecule has 2 amide bonds. The highest BCUT2D eigenvalue weighted by Crippen LogP contribution is 2.17. The van der Waals surface area contributed by atoms with Crippen molar-refractivity contribution in [2.24, 2.45) is 0 Å². The Hall–Kier alpha value is -2.67. The van der Waals surface area contributed by atoms with E-state index in [1.165, 1.54) is 0 Å². The lowest BCUT2D eigenvalue weighted by atomic mass is 10.1. The number of para-hydroxylation sites is 1. The van der Waals surface area contributed by atoms with E-state index in [2.05, 4.69) is 43.0 Å². The van der Waals surface area contributed by atoms with Crippen LogP contribution in [0.1, 0.15) is 43.6 Å². The topological polar surface area (TPSA) is 70.5 Å². The van der Waals surface area contributed by atoms with Crippen molar-refractivity contribution in [3.8, 4) is 0 Å². The van der Waals surface area contributed by atoms with Crippen LogP contribution < -0.4 is 5.32 Å². The molecule has 1 saturated heterocycles. The number of carbonyl (C=O) groups excluding carboxylic acids is 2. The van der Waals surface area contributed by atoms with Crippen LogP contribution in [-0.4, -0.2) is 64.1 Å². The zero-order valence-corrected chi connectivity index (χ0v) is 17.8. The summed E-state index contributed by atoms with van der Waals surface area (Å²) in [5.41, 5.74) is 2.47. The van der Waals surface area contributed by atoms with Crippen LogP contribution in [0.5, 0.6) is 0 Å². The number of nitrogens with one attached hydrogen (secondary N) is 1. The second-order valence-corrected chi connectivity index (χ2v) is 8.47. The summed E-state index contributed by atoms with van der Waals surface area (Å²) in [4.78, 5) is 29.1. The molecule has 1 aliphatic rings. The summed E-state index contributed by atoms with van der Waals surface area (Å²) in [6, 6.07) is 7.88. The molecule has 1 aliphatic heterocycles. The number of rotatable bonds is 5. The minimum atomic E-state index is -0.152. The first kappa shape index (κ1) is 21.0. The average molecular weight is 398 g/mol. The summed E-state index contributed by atoms with van der Waals surface area (Å²) in [6.07, 6.45) is 4.33. The van der Waals surface area contributed by atoms with Gasteiger partial charge in [-0.25, -0.2) is 0 Å². The van der Waals surface area contributed by atoms with Gasteiger partial charge in [-0.05, 0) is 38.8 Å². The number of carbonyl (C=O) groups is 2. The molecule has 0 atom stereocenters. The van der Waals surface area contributed by atoms with Gasteiger partial charge in [0.1, 0.15) is 0 Å². The van der Waals surface area contributed by atoms with Gasteiger partial charge in [0, 0.05) is 38.1 Å². The van der Waals surface area contributed by atoms with Crippen molar-refractivity contribution >= 4 is 17.5 Å². The standard InChI is InChI=1S/C22H31N5O2/c1-5-17-8-6-7-9-19(17)24-20(28)16-25-10-12-26(13-11-25)21(29)18-14-23-27(15-18)22(2,3)4/h6-9,14-15H,5,10-13,16H2,1-4H3,(H,24,28). The predicted molar refractivity (Wildman–Crippen MR) is 114 cm³/mol. The maximum absolute atomic E-state index is 12.8. The number of aromatic nitrogens is 2. The Morgan fingerprint density at radius 1 is 1.10 bits per heavy atom. The molecule has 156 valence electrons. The Kier molecular flexibility index (Phi) is 6.37. The molecule has 0 spiro atoms. The molecule has 2 heterocycles. The molecule has 7 nitrogen and oxygen atoms in total. The Morgan fingerprint density at radius 2 is 1.79 bits per heavy atom. The van der Waals surface area contributed by atoms with Crippen molar-refractivity contribution in [3.63, 3.8) is 0 Å². The largest absolute Gasteiger partial charge is 0.336 e. The maximum atomic E-state index is 12.8. The smallest absolute Gasteiger partial charge is 0.257 e. The van der Waals surface area contributed by atoms with Crippen molar-refractivity contribution in [2.45, 2.75) is 39.7 Å². The van der Waals surface area contributed by atoms with Crippen molar-refractivity contribution in [1.82, 2.24) is 19.6 Å². The molecular formula is C22H31N5O2. The SMILES string of the molecule is CCc1ccccc1NC(=O)CN1CCN(C(=O)c2cnn(C(C)(C)C)c2)CC1. The fourth-order valence-electron chi connectivity index (χ4n) is 3.44. The molecule has 3 rings (SSSR count). The first-order chi connectivity index (χ1) is 13.8. The molecule has 1 aromatic heterocycles. The molecule has 0 saturated carbocycles. The lowest BCUT2D eigenvalue weighted by molar-refractivity contribution is -0.117. The molecule has 0 unspecified atom stereocenters. The number of hydrogen-bond acceptors (Lipinski definition) is 4. The normalized spacial score (nSPS) is 15.4. The molecule has 0 aliphatic carbocycles. The minimum absolute atomic E-state index is 0.00137. The first-order valence-corrected chi connectivity index (χ1v) is 10.2. The predicted octanol–water partition coefficient (Wildman–Crippen LogP) is 2.60. The number of amides is 2. The first-order valence-electron chi connectivity index (χ1n) is 10.2. The van der Waals surface area contributed by atoms with Gasteiger partial charge in [0.05, 0.1) is 23.8 Å². The highest BCUT2D eigenvalue weighted by Gasteiger charge is 2.25. The Morgan fingerprint density at radius 3 is 2.41 bits per heavy atom. The van der Waals surface area contributed by atoms with E-state index in [0.717, 1.165) is 17.7 Å². The number of benzene rings is 1. The fraction of sp³-hybridized carbons (Fsp3) is 0.500. The second kappa shape index (κ2) is 8.78. The van der Waals surface area contributed by atoms with E-state index in [0.29, 0.717) is 38.3 Å². The zero-order valence-electron chi connectivity index (χ0n) is 17.8. The van der Waals surface area contributed by atoms with Crippen molar-refractivity contribution < 1.29 is 9.59 Å². The van der Waals surface area contributed by atoms with E-state index in [1.807, 2.05) is 40.0 Å². The average Bonchev–Trinajstić information content (AvgIpc) is 3.19. The van der Waals surface area contributed by atoms with Crippen LogP contribution in [-0.2, 0) is 16.8 Å². The third-order valence-corrected chi connectivity index (χ3v) is 5.22. The zero-order chi connectivity index (χ0) is 21.0. The summed E-state index contributed by atoms with van der Waals surface area (Å²) < 4.78 is 1.81. The van der Waals surface area contributed by atoms with Gasteiger partial charge in [0.25, 0.3) is 5.91 Å². The minimum Gasteiger partial charge on any atom is -0.336 e. The quantitative estimate of drug-likeness (QED) is 0.842. The van der Waals surface area contributed by atoms with Gasteiger partial charge in [-0.15, -0.1) is 0 Å². The van der Waals surface area contributed by atoms with E-state index in [9.17, 15) is 9.59 Å². The monoisotopic (exact) mass is 397 g/mol. The summed E-state index contributed by atoms with van der Waals surface area (Å²) in [7, 11) is 0. The molecular weight excluding hydrogens is 366 g/mol. The molecule has 1 fully saturated rings. The van der Waals surface area contributed by atoms with Crippen LogP contribution in [0, 0.1) is 0 Å². The molecule has 1 N–H and O–H groups in total. The Balaban J connectivity index is 1.50. The van der Waals surface area contributed by atoms with E-state index in [-0.39, 0.29) is 17.4 Å². The molecule has 2 aromatic rings. The van der Waals surface area contributed by atoms with E-state index >= 15 is 0 Å². The van der Waals surface area contributed by atoms with Crippen molar-refractivity contribution in [2.75, 3.05) is 38.0 Å². The molecule has 0 bridgehead atoms. The van der Waals surface area contributed by atoms with Gasteiger partial charge in [-0.1, -0.05) is 25.1 Å². The van der Waals surface area contributed by atoms with Gasteiger partial charge < -0.3 is 10.2 Å². The van der Waals surface area contributed by atoms with Crippen LogP contribution in [0.25, 0.3) is 0 Å². The number of anilines is 1. The highest BCUT2D eigenvalue weighted by molar-refractivity contribution is 5.94. The Bertz CT molecular complexity index is 860. The lowest BCUT2D eigenvalue weighted by Gasteiger charge is -2.34. The van der Waals surface area contributed by atoms with Crippen LogP contribution in [0.4, 0.5) is 5.69 Å². The van der Waals surface area contributed by atoms with Crippen LogP contribution in [0.15, 0.2) is 36.7 Å². The van der Waals surface area contributed by atoms with Crippen LogP contribution in [0.2, 0.25) is 0 Å². The molecule has 0 radical (unpaired) electrons. The van der Waals surface area contributed by atoms with E-state index < -0.39 is 0 Å². The second-order valence-electron chi connectivity index (χ2n) is 8.47. The Labute approximate surface area is 172 Å². The number of piperazine rings is 1. The third kappa shape index (κ3) is 5.23. The third-order valence-electron chi connectivity index (χ3n) is 5.22. The van der Waals surface area contributed by atoms with Gasteiger partial charge >= 0.3 is 0 Å². The number of hydrogen-bond donors (Lipinski definition) is 1. The summed E-state index contributed by atoms with van der Waals surface area (Å²) in [5, 5.41) is 7.33. The van der Waals surface area contributed by atoms with E-state index in [1.54, 1.807) is 6.20 Å². The number of nitrogens with zero attached hydrogens (tertiary/aromatic N) is 4. The van der Waals surface area contributed by atoms with Crippen LogP contribution in [0.3, 0.4) is 0 Å². The summed E-state index contributed by atoms with van der Waals surface area (Å²) >= 11 is 0. The van der Waals surface area contributed by atoms with Gasteiger partial charge in [-0.2, -0.15) is 5.10 Å². The van der Waals surface area contributed by atoms with Gasteiger partial charge in [0.2, 0.25) is 5.91 Å². The number of aryl methyl sites for hydroxylation is 1. The molecule has 7 heteroatoms. The molecule has 29 heavy (non-hydrogen) atoms. The fourth-order valence-corrected chi connectivity index (χ4v) is 3.44. The van der Waals surface area contributed by atoms with E-state index in [4.69, 9.17) is 0 Å². The summed E-state index contributed by atoms with van der Waals surface area (Å²) in [6.45, 7) is 11.2. The van der Waals surface area contributed by atoms with Crippen molar-refractivity contribution in [1.29, 1.82) is 0 Å². The highest BCUT2D eigenvalue weighted by atomic mass is 16.2. The lowest BCUT2D eigenvalue weighted by Crippen LogP contribution is -2.50. The van der Waals surface area contributed by atoms with Gasteiger partial charge in [0.15, 0.2) is 0 Å².